The number of carbonyl (C=O) groups is 1. The molecule has 0 atom stereocenters. The number of non-ortho nitro benzene ring substituents is 1. The number of nitro benzene ring substituents is 1. The summed E-state index contributed by atoms with van der Waals surface area (Å²) in [6, 6.07) is 2.45. The van der Waals surface area contributed by atoms with Gasteiger partial charge in [-0.25, -0.2) is 0 Å². The number of carbonyl (C=O) groups excluding carboxylic acids is 1. The maximum absolute atomic E-state index is 12.2. The Morgan fingerprint density at radius 2 is 1.85 bits per heavy atom. The summed E-state index contributed by atoms with van der Waals surface area (Å²) in [4.78, 5) is 50.5. The van der Waals surface area contributed by atoms with E-state index in [1.54, 1.807) is 0 Å². The van der Waals surface area contributed by atoms with E-state index in [9.17, 15) is 24.5 Å². The minimum absolute atomic E-state index is 0. The van der Waals surface area contributed by atoms with Crippen molar-refractivity contribution in [2.45, 2.75) is 19.4 Å². The van der Waals surface area contributed by atoms with E-state index in [0.29, 0.717) is 5.56 Å². The standard InChI is InChI=1S/C15H17N5O5.BrH/c21-13(8-1-3-16-4-2-8)17-7-9-5-10(20(24)25)6-11-12(9)19-15(23)14(22)18-11;/h5-6,8,16H,1-4,7H2,(H,17,21)(H,18,22)(H,19,23);1H. The molecule has 1 saturated heterocycles. The zero-order valence-corrected chi connectivity index (χ0v) is 15.4. The summed E-state index contributed by atoms with van der Waals surface area (Å²) in [6.45, 7) is 1.56. The topological polar surface area (TPSA) is 150 Å². The van der Waals surface area contributed by atoms with Gasteiger partial charge in [-0.3, -0.25) is 24.5 Å². The highest BCUT2D eigenvalue weighted by molar-refractivity contribution is 8.93. The molecule has 10 nitrogen and oxygen atoms in total. The van der Waals surface area contributed by atoms with Gasteiger partial charge in [0.05, 0.1) is 16.0 Å². The first-order valence-electron chi connectivity index (χ1n) is 7.88. The second-order valence-electron chi connectivity index (χ2n) is 5.93. The quantitative estimate of drug-likeness (QED) is 0.313. The number of fused-ring (bicyclic) bond motifs is 1. The first-order valence-corrected chi connectivity index (χ1v) is 7.88. The van der Waals surface area contributed by atoms with Crippen LogP contribution >= 0.6 is 17.0 Å². The van der Waals surface area contributed by atoms with E-state index in [-0.39, 0.29) is 52.1 Å². The monoisotopic (exact) mass is 427 g/mol. The predicted octanol–water partition coefficient (Wildman–Crippen LogP) is 0.318. The summed E-state index contributed by atoms with van der Waals surface area (Å²) in [5.74, 6) is -0.238. The van der Waals surface area contributed by atoms with Crippen LogP contribution in [0.25, 0.3) is 11.0 Å². The van der Waals surface area contributed by atoms with Gasteiger partial charge in [-0.05, 0) is 25.9 Å². The summed E-state index contributed by atoms with van der Waals surface area (Å²) in [7, 11) is 0. The molecule has 1 aliphatic heterocycles. The lowest BCUT2D eigenvalue weighted by atomic mass is 9.97. The molecule has 1 aromatic carbocycles. The molecule has 4 N–H and O–H groups in total. The number of nitrogens with zero attached hydrogens (tertiary/aromatic N) is 1. The molecule has 0 bridgehead atoms. The third-order valence-corrected chi connectivity index (χ3v) is 4.27. The van der Waals surface area contributed by atoms with Crippen molar-refractivity contribution in [2.75, 3.05) is 13.1 Å². The zero-order valence-electron chi connectivity index (χ0n) is 13.7. The van der Waals surface area contributed by atoms with Crippen LogP contribution in [0.2, 0.25) is 0 Å². The van der Waals surface area contributed by atoms with E-state index in [1.165, 1.54) is 12.1 Å². The number of nitrogens with one attached hydrogen (secondary N) is 4. The molecule has 0 aliphatic carbocycles. The van der Waals surface area contributed by atoms with Gasteiger partial charge in [0.25, 0.3) is 5.69 Å². The molecular formula is C15H18BrN5O5. The molecule has 2 aromatic rings. The molecule has 0 saturated carbocycles. The number of hydrogen-bond acceptors (Lipinski definition) is 6. The van der Waals surface area contributed by atoms with Gasteiger partial charge in [0.1, 0.15) is 0 Å². The summed E-state index contributed by atoms with van der Waals surface area (Å²) in [5, 5.41) is 17.0. The number of rotatable bonds is 4. The van der Waals surface area contributed by atoms with Crippen molar-refractivity contribution in [1.29, 1.82) is 0 Å². The SMILES string of the molecule is Br.O=C(NCc1cc([N+](=O)[O-])cc2[nH]c(=O)c(=O)[nH]c12)C1CCNCC1. The van der Waals surface area contributed by atoms with Crippen LogP contribution in [0.3, 0.4) is 0 Å². The van der Waals surface area contributed by atoms with Crippen LogP contribution in [0, 0.1) is 16.0 Å². The highest BCUT2D eigenvalue weighted by Crippen LogP contribution is 2.21. The Bertz CT molecular complexity index is 948. The van der Waals surface area contributed by atoms with Crippen LogP contribution in [0.15, 0.2) is 21.7 Å². The maximum Gasteiger partial charge on any atom is 0.314 e. The number of amides is 1. The Balaban J connectivity index is 0.00000243. The number of halogens is 1. The van der Waals surface area contributed by atoms with E-state index in [1.807, 2.05) is 0 Å². The highest BCUT2D eigenvalue weighted by atomic mass is 79.9. The van der Waals surface area contributed by atoms with E-state index >= 15 is 0 Å². The summed E-state index contributed by atoms with van der Waals surface area (Å²) >= 11 is 0. The Hall–Kier alpha value is -2.53. The normalized spacial score (nSPS) is 14.6. The zero-order chi connectivity index (χ0) is 18.0. The molecule has 0 unspecified atom stereocenters. The Kier molecular flexibility index (Phi) is 6.27. The van der Waals surface area contributed by atoms with Crippen LogP contribution < -0.4 is 21.8 Å². The van der Waals surface area contributed by atoms with Crippen LogP contribution in [0.5, 0.6) is 0 Å². The van der Waals surface area contributed by atoms with Gasteiger partial charge < -0.3 is 20.6 Å². The van der Waals surface area contributed by atoms with Crippen LogP contribution in [-0.2, 0) is 11.3 Å². The molecular weight excluding hydrogens is 410 g/mol. The first kappa shape index (κ1) is 19.8. The predicted molar refractivity (Wildman–Crippen MR) is 99.6 cm³/mol. The lowest BCUT2D eigenvalue weighted by molar-refractivity contribution is -0.384. The highest BCUT2D eigenvalue weighted by Gasteiger charge is 2.21. The average Bonchev–Trinajstić information content (AvgIpc) is 2.61. The minimum Gasteiger partial charge on any atom is -0.352 e. The summed E-state index contributed by atoms with van der Waals surface area (Å²) in [5.41, 5.74) is -1.21. The third-order valence-electron chi connectivity index (χ3n) is 4.27. The van der Waals surface area contributed by atoms with Gasteiger partial charge in [0, 0.05) is 30.2 Å². The summed E-state index contributed by atoms with van der Waals surface area (Å²) in [6.07, 6.45) is 1.46. The minimum atomic E-state index is -0.891. The fraction of sp³-hybridized carbons (Fsp3) is 0.400. The molecule has 1 aliphatic rings. The van der Waals surface area contributed by atoms with Gasteiger partial charge >= 0.3 is 11.1 Å². The number of benzene rings is 1. The van der Waals surface area contributed by atoms with E-state index < -0.39 is 16.0 Å². The van der Waals surface area contributed by atoms with Crippen molar-refractivity contribution < 1.29 is 9.72 Å². The number of H-pyrrole nitrogens is 2. The molecule has 0 spiro atoms. The molecule has 26 heavy (non-hydrogen) atoms. The van der Waals surface area contributed by atoms with Gasteiger partial charge in [-0.15, -0.1) is 17.0 Å². The molecule has 1 amide bonds. The van der Waals surface area contributed by atoms with Crippen molar-refractivity contribution in [1.82, 2.24) is 20.6 Å². The van der Waals surface area contributed by atoms with E-state index in [2.05, 4.69) is 20.6 Å². The number of aromatic nitrogens is 2. The van der Waals surface area contributed by atoms with Crippen LogP contribution in [0.4, 0.5) is 5.69 Å². The van der Waals surface area contributed by atoms with Crippen molar-refractivity contribution in [3.63, 3.8) is 0 Å². The fourth-order valence-corrected chi connectivity index (χ4v) is 2.94. The Morgan fingerprint density at radius 3 is 2.50 bits per heavy atom. The second-order valence-corrected chi connectivity index (χ2v) is 5.93. The van der Waals surface area contributed by atoms with Gasteiger partial charge in [-0.2, -0.15) is 0 Å². The largest absolute Gasteiger partial charge is 0.352 e. The maximum atomic E-state index is 12.2. The molecule has 1 aromatic heterocycles. The van der Waals surface area contributed by atoms with Crippen molar-refractivity contribution in [3.8, 4) is 0 Å². The Morgan fingerprint density at radius 1 is 1.19 bits per heavy atom. The van der Waals surface area contributed by atoms with E-state index in [4.69, 9.17) is 0 Å². The first-order chi connectivity index (χ1) is 12.0. The van der Waals surface area contributed by atoms with Gasteiger partial charge in [-0.1, -0.05) is 0 Å². The van der Waals surface area contributed by atoms with Gasteiger partial charge in [0.2, 0.25) is 5.91 Å². The van der Waals surface area contributed by atoms with Crippen molar-refractivity contribution in [3.05, 3.63) is 48.5 Å². The number of hydrogen-bond donors (Lipinski definition) is 4. The Labute approximate surface area is 157 Å². The second kappa shape index (κ2) is 8.23. The van der Waals surface area contributed by atoms with E-state index in [0.717, 1.165) is 25.9 Å². The van der Waals surface area contributed by atoms with Crippen molar-refractivity contribution in [2.24, 2.45) is 5.92 Å². The lowest BCUT2D eigenvalue weighted by Gasteiger charge is -2.21. The number of piperidine rings is 1. The number of aromatic amines is 2. The average molecular weight is 428 g/mol. The van der Waals surface area contributed by atoms with Crippen molar-refractivity contribution >= 4 is 39.6 Å². The number of nitro groups is 1. The lowest BCUT2D eigenvalue weighted by Crippen LogP contribution is -2.38. The fourth-order valence-electron chi connectivity index (χ4n) is 2.94. The van der Waals surface area contributed by atoms with Crippen LogP contribution in [0.1, 0.15) is 18.4 Å². The molecule has 2 heterocycles. The smallest absolute Gasteiger partial charge is 0.314 e. The summed E-state index contributed by atoms with van der Waals surface area (Å²) < 4.78 is 0. The molecule has 0 radical (unpaired) electrons. The molecule has 1 fully saturated rings. The molecule has 3 rings (SSSR count). The molecule has 11 heteroatoms. The van der Waals surface area contributed by atoms with Crippen LogP contribution in [-0.4, -0.2) is 33.9 Å². The molecule has 140 valence electrons. The third kappa shape index (κ3) is 4.17. The van der Waals surface area contributed by atoms with Gasteiger partial charge in [0.15, 0.2) is 0 Å².